The Morgan fingerprint density at radius 3 is 1.19 bits per heavy atom. The van der Waals surface area contributed by atoms with Crippen LogP contribution in [0.25, 0.3) is 66.4 Å². The molecule has 0 spiro atoms. The second-order valence-electron chi connectivity index (χ2n) is 29.2. The van der Waals surface area contributed by atoms with E-state index in [1.54, 1.807) is 122 Å². The third-order valence-corrected chi connectivity index (χ3v) is 21.3. The molecule has 12 aromatic heterocycles. The molecule has 0 radical (unpaired) electrons. The molecule has 0 saturated heterocycles. The van der Waals surface area contributed by atoms with Crippen LogP contribution < -0.4 is 72.2 Å². The molecule has 0 saturated carbocycles. The highest BCUT2D eigenvalue weighted by molar-refractivity contribution is 6.40. The molecule has 0 aliphatic carbocycles. The maximum atomic E-state index is 14.6. The first-order valence-electron chi connectivity index (χ1n) is 39.1. The molecule has 131 heavy (non-hydrogen) atoms. The largest absolute Gasteiger partial charge is 0.384 e. The van der Waals surface area contributed by atoms with Gasteiger partial charge in [0.05, 0.1) is 142 Å². The average Bonchev–Trinajstić information content (AvgIpc) is 0.754. The van der Waals surface area contributed by atoms with Crippen LogP contribution in [0.3, 0.4) is 0 Å². The number of anilines is 9. The number of hydrogen-bond acceptors (Lipinski definition) is 33. The molecule has 0 bridgehead atoms. The van der Waals surface area contributed by atoms with E-state index in [4.69, 9.17) is 85.0 Å². The molecule has 4 aromatic carbocycles. The first kappa shape index (κ1) is 92.1. The van der Waals surface area contributed by atoms with Crippen LogP contribution in [0, 0.1) is 111 Å². The molecular formula is C87H72Cl4F3N33O4. The van der Waals surface area contributed by atoms with Crippen LogP contribution in [-0.2, 0) is 0 Å². The zero-order valence-corrected chi connectivity index (χ0v) is 73.9. The van der Waals surface area contributed by atoms with Crippen molar-refractivity contribution in [3.8, 4) is 47.0 Å². The number of fused-ring (bicyclic) bond motifs is 4. The number of nitriles is 4. The third kappa shape index (κ3) is 18.7. The molecule has 16 aromatic rings. The molecule has 4 atom stereocenters. The number of nitrogens with zero attached hydrogens (tertiary/aromatic N) is 24. The smallest absolute Gasteiger partial charge is 0.269 e. The van der Waals surface area contributed by atoms with Gasteiger partial charge < -0.3 is 49.9 Å². The van der Waals surface area contributed by atoms with Crippen molar-refractivity contribution in [2.24, 2.45) is 0 Å². The van der Waals surface area contributed by atoms with Crippen LogP contribution in [0.4, 0.5) is 65.5 Å². The van der Waals surface area contributed by atoms with E-state index < -0.39 is 58.3 Å². The minimum absolute atomic E-state index is 0.00388. The monoisotopic (exact) mass is 1840 g/mol. The molecule has 0 amide bonds. The van der Waals surface area contributed by atoms with Gasteiger partial charge in [-0.2, -0.15) is 21.0 Å². The van der Waals surface area contributed by atoms with Gasteiger partial charge in [-0.15, -0.1) is 0 Å². The van der Waals surface area contributed by atoms with Gasteiger partial charge in [-0.3, -0.25) is 52.4 Å². The van der Waals surface area contributed by atoms with Crippen molar-refractivity contribution in [2.45, 2.75) is 100 Å². The van der Waals surface area contributed by atoms with Crippen molar-refractivity contribution in [2.75, 3.05) is 49.9 Å². The van der Waals surface area contributed by atoms with Gasteiger partial charge in [0, 0.05) is 17.8 Å². The highest BCUT2D eigenvalue weighted by Gasteiger charge is 2.30. The molecule has 0 aliphatic rings. The fraction of sp³-hybridized carbons (Fsp3) is 0.172. The summed E-state index contributed by atoms with van der Waals surface area (Å²) in [5.41, 5.74) is 31.8. The van der Waals surface area contributed by atoms with Gasteiger partial charge in [0.1, 0.15) is 145 Å². The molecular weight excluding hydrogens is 1770 g/mol. The van der Waals surface area contributed by atoms with Crippen molar-refractivity contribution in [3.05, 3.63) is 293 Å². The van der Waals surface area contributed by atoms with Crippen LogP contribution >= 0.6 is 46.4 Å². The predicted octanol–water partition coefficient (Wildman–Crippen LogP) is 13.6. The highest BCUT2D eigenvalue weighted by atomic mass is 35.5. The van der Waals surface area contributed by atoms with E-state index in [0.29, 0.717) is 73.3 Å². The number of pyridine rings is 4. The Hall–Kier alpha value is -16.5. The Labute approximate surface area is 760 Å². The number of halogens is 7. The molecule has 14 N–H and O–H groups in total. The standard InChI is InChI=1S/C22H19Cl2N9O.C22H19ClN8O.C22H18F2N8O.C21H16ClFN8O/c1-9-6-16(26)28-8-15(9)33-21(32-18-14(24)5-4-13(23)17(18)22(33)34)10(2)29-20-12(7-25)19(27)30-11(3)31-20;1-11-7-8-26-10-17(11)31-21(30-16-6-4-5-15(23)18(16)22(31)32)12(2)27-20-14(9-24)19(25)28-13(3)29-20;1-10-15(24)8-27-9-17(10)32-21(31-16-6-4-5-14(23)18(16)22(32)33)11(2)28-20-13(7-25)19(26)29-12(3)30-20;1-10(27-19-14(7-24)18(25)28-11(2)29-19)20-30-16-5-3-4-15(22)17(16)21(32)31(20)13-6-12(23)8-26-9-13/h4-6,8,10H,1-3H3,(H2,26,28)(H3,27,29,30,31);4-8,10,12H,1-3H3,(H3,25,27,28,29);4-6,8-9,11H,1-3H3,(H3,26,28,29,30);3-6,8-10H,1-2H3,(H3,25,27,28,29)/t10-;12-;11-;10-/m0000/s1. The number of rotatable bonds is 16. The summed E-state index contributed by atoms with van der Waals surface area (Å²) in [5.74, 6) is 1.79. The van der Waals surface area contributed by atoms with E-state index in [2.05, 4.69) is 91.0 Å². The summed E-state index contributed by atoms with van der Waals surface area (Å²) >= 11 is 25.4. The Balaban J connectivity index is 0.000000149. The summed E-state index contributed by atoms with van der Waals surface area (Å²) in [7, 11) is 0. The normalized spacial score (nSPS) is 11.9. The van der Waals surface area contributed by atoms with Crippen molar-refractivity contribution in [1.82, 2.24) is 98.0 Å². The molecule has 0 fully saturated rings. The Kier molecular flexibility index (Phi) is 27.0. The quantitative estimate of drug-likeness (QED) is 0.0434. The van der Waals surface area contributed by atoms with Crippen LogP contribution in [-0.4, -0.2) is 98.0 Å². The van der Waals surface area contributed by atoms with E-state index >= 15 is 0 Å². The maximum Gasteiger partial charge on any atom is 0.269 e. The second kappa shape index (κ2) is 38.3. The number of nitrogen functional groups attached to an aromatic ring is 5. The zero-order valence-electron chi connectivity index (χ0n) is 70.8. The van der Waals surface area contributed by atoms with E-state index in [-0.39, 0.29) is 151 Å². The number of aryl methyl sites for hydroxylation is 6. The Morgan fingerprint density at radius 2 is 0.748 bits per heavy atom. The van der Waals surface area contributed by atoms with E-state index in [1.165, 1.54) is 57.4 Å². The number of hydrogen-bond donors (Lipinski definition) is 9. The van der Waals surface area contributed by atoms with E-state index in [0.717, 1.165) is 28.6 Å². The lowest BCUT2D eigenvalue weighted by atomic mass is 10.1. The van der Waals surface area contributed by atoms with Crippen molar-refractivity contribution in [1.29, 1.82) is 21.0 Å². The van der Waals surface area contributed by atoms with Gasteiger partial charge in [0.15, 0.2) is 23.3 Å². The van der Waals surface area contributed by atoms with Gasteiger partial charge >= 0.3 is 0 Å². The fourth-order valence-corrected chi connectivity index (χ4v) is 14.9. The van der Waals surface area contributed by atoms with Gasteiger partial charge in [0.25, 0.3) is 22.2 Å². The van der Waals surface area contributed by atoms with Crippen molar-refractivity contribution >= 4 is 142 Å². The Bertz CT molecular complexity index is 7810. The predicted molar refractivity (Wildman–Crippen MR) is 491 cm³/mol. The maximum absolute atomic E-state index is 14.6. The van der Waals surface area contributed by atoms with Crippen LogP contribution in [0.15, 0.2) is 147 Å². The minimum Gasteiger partial charge on any atom is -0.384 e. The molecule has 44 heteroatoms. The lowest BCUT2D eigenvalue weighted by Gasteiger charge is -2.22. The summed E-state index contributed by atoms with van der Waals surface area (Å²) in [5, 5.41) is 51.8. The Morgan fingerprint density at radius 1 is 0.374 bits per heavy atom. The van der Waals surface area contributed by atoms with E-state index in [1.807, 2.05) is 44.2 Å². The van der Waals surface area contributed by atoms with Gasteiger partial charge in [-0.1, -0.05) is 64.6 Å². The number of nitrogens with one attached hydrogen (secondary N) is 4. The second-order valence-corrected chi connectivity index (χ2v) is 30.8. The molecule has 12 heterocycles. The molecule has 0 aliphatic heterocycles. The topological polar surface area (TPSA) is 568 Å². The molecule has 37 nitrogen and oxygen atoms in total. The third-order valence-electron chi connectivity index (χ3n) is 20.1. The summed E-state index contributed by atoms with van der Waals surface area (Å²) in [4.78, 5) is 122. The van der Waals surface area contributed by atoms with Gasteiger partial charge in [-0.25, -0.2) is 78.0 Å². The average molecular weight is 1840 g/mol. The SMILES string of the molecule is Cc1nc(N)c(C#N)c(N[C@@H](C)c2nc3c(Cl)ccc(Cl)c3c(=O)n2-c2cnc(N)cc2C)n1.Cc1nc(N)c(C#N)c(N[C@@H](C)c2nc3cccc(Cl)c3c(=O)n2-c2cncc(F)c2)n1.Cc1nc(N)c(C#N)c(N[C@@H](C)c2nc3cccc(Cl)c3c(=O)n2-c2cnccc2C)n1.Cc1nc(N)c(C#N)c(N[C@@H](C)c2nc3cccc(F)c3c(=O)n2-c2cncc(F)c2C)n1. The lowest BCUT2D eigenvalue weighted by molar-refractivity contribution is 0.606. The molecule has 16 rings (SSSR count). The number of nitrogens with two attached hydrogens (primary N) is 5. The van der Waals surface area contributed by atoms with Crippen molar-refractivity contribution < 1.29 is 13.2 Å². The summed E-state index contributed by atoms with van der Waals surface area (Å²) in [6.07, 6.45) is 9.44. The lowest BCUT2D eigenvalue weighted by Crippen LogP contribution is -2.29. The van der Waals surface area contributed by atoms with Gasteiger partial charge in [-0.05, 0) is 148 Å². The summed E-state index contributed by atoms with van der Waals surface area (Å²) in [6.45, 7) is 18.7. The number of aromatic nitrogens is 20. The zero-order chi connectivity index (χ0) is 94.6. The minimum atomic E-state index is -0.751. The summed E-state index contributed by atoms with van der Waals surface area (Å²) in [6, 6.07) is 27.2. The van der Waals surface area contributed by atoms with Crippen LogP contribution in [0.5, 0.6) is 0 Å². The van der Waals surface area contributed by atoms with E-state index in [9.17, 15) is 53.4 Å². The van der Waals surface area contributed by atoms with Gasteiger partial charge in [0.2, 0.25) is 0 Å². The molecule has 658 valence electrons. The van der Waals surface area contributed by atoms with Crippen molar-refractivity contribution in [3.63, 3.8) is 0 Å². The van der Waals surface area contributed by atoms with Crippen LogP contribution in [0.2, 0.25) is 20.1 Å². The highest BCUT2D eigenvalue weighted by Crippen LogP contribution is 2.35. The first-order chi connectivity index (χ1) is 62.4. The first-order valence-corrected chi connectivity index (χ1v) is 40.6. The van der Waals surface area contributed by atoms with Crippen LogP contribution in [0.1, 0.15) is 137 Å². The summed E-state index contributed by atoms with van der Waals surface area (Å²) < 4.78 is 48.0. The molecule has 0 unspecified atom stereocenters. The number of benzene rings is 4. The fourth-order valence-electron chi connectivity index (χ4n) is 14.0.